The average Bonchev–Trinajstić information content (AvgIpc) is 2.61. The maximum atomic E-state index is 13.1. The maximum Gasteiger partial charge on any atom is 0.239 e. The Morgan fingerprint density at radius 3 is 2.64 bits per heavy atom. The van der Waals surface area contributed by atoms with Gasteiger partial charge in [0, 0.05) is 6.42 Å². The third kappa shape index (κ3) is 6.23. The lowest BCUT2D eigenvalue weighted by Crippen LogP contribution is -2.32. The van der Waals surface area contributed by atoms with Gasteiger partial charge in [-0.25, -0.2) is 4.39 Å². The van der Waals surface area contributed by atoms with Crippen LogP contribution in [0, 0.1) is 5.82 Å². The summed E-state index contributed by atoms with van der Waals surface area (Å²) in [7, 11) is 0. The van der Waals surface area contributed by atoms with Crippen LogP contribution in [-0.2, 0) is 22.4 Å². The zero-order valence-electron chi connectivity index (χ0n) is 13.9. The van der Waals surface area contributed by atoms with Gasteiger partial charge in [-0.3, -0.25) is 14.9 Å². The summed E-state index contributed by atoms with van der Waals surface area (Å²) in [6.45, 7) is 0.456. The van der Waals surface area contributed by atoms with E-state index in [1.54, 1.807) is 6.07 Å². The van der Waals surface area contributed by atoms with Crippen LogP contribution < -0.4 is 10.1 Å². The van der Waals surface area contributed by atoms with E-state index in [2.05, 4.69) is 5.32 Å². The predicted octanol–water partition coefficient (Wildman–Crippen LogP) is 2.99. The van der Waals surface area contributed by atoms with E-state index in [0.717, 1.165) is 16.9 Å². The van der Waals surface area contributed by atoms with Crippen LogP contribution in [0.15, 0.2) is 48.5 Å². The van der Waals surface area contributed by atoms with Crippen LogP contribution >= 0.6 is 11.8 Å². The van der Waals surface area contributed by atoms with Gasteiger partial charge in [0.25, 0.3) is 0 Å². The Labute approximate surface area is 150 Å². The van der Waals surface area contributed by atoms with E-state index < -0.39 is 0 Å². The SMILES string of the molecule is CSC(Cc1ccc(OCCc2cccc(F)c2)cc1)C(=O)NC=O. The lowest BCUT2D eigenvalue weighted by Gasteiger charge is -2.13. The van der Waals surface area contributed by atoms with Crippen molar-refractivity contribution in [2.24, 2.45) is 0 Å². The van der Waals surface area contributed by atoms with E-state index in [9.17, 15) is 14.0 Å². The molecule has 0 spiro atoms. The van der Waals surface area contributed by atoms with E-state index in [1.165, 1.54) is 23.9 Å². The third-order valence-electron chi connectivity index (χ3n) is 3.67. The molecule has 0 saturated heterocycles. The highest BCUT2D eigenvalue weighted by molar-refractivity contribution is 7.99. The molecule has 132 valence electrons. The largest absolute Gasteiger partial charge is 0.493 e. The summed E-state index contributed by atoms with van der Waals surface area (Å²) in [5.74, 6) is 0.180. The highest BCUT2D eigenvalue weighted by Crippen LogP contribution is 2.18. The average molecular weight is 361 g/mol. The number of nitrogens with one attached hydrogen (secondary N) is 1. The van der Waals surface area contributed by atoms with Crippen LogP contribution in [0.3, 0.4) is 0 Å². The molecule has 2 rings (SSSR count). The zero-order valence-corrected chi connectivity index (χ0v) is 14.7. The molecule has 1 N–H and O–H groups in total. The van der Waals surface area contributed by atoms with Crippen molar-refractivity contribution in [2.45, 2.75) is 18.1 Å². The van der Waals surface area contributed by atoms with Crippen molar-refractivity contribution in [3.8, 4) is 5.75 Å². The van der Waals surface area contributed by atoms with Crippen molar-refractivity contribution in [2.75, 3.05) is 12.9 Å². The number of benzene rings is 2. The minimum absolute atomic E-state index is 0.246. The summed E-state index contributed by atoms with van der Waals surface area (Å²) in [4.78, 5) is 22.1. The number of ether oxygens (including phenoxy) is 1. The summed E-state index contributed by atoms with van der Waals surface area (Å²) in [6.07, 6.45) is 3.39. The molecule has 2 amide bonds. The minimum atomic E-state index is -0.315. The Morgan fingerprint density at radius 2 is 2.00 bits per heavy atom. The maximum absolute atomic E-state index is 13.1. The second kappa shape index (κ2) is 9.84. The zero-order chi connectivity index (χ0) is 18.1. The van der Waals surface area contributed by atoms with Gasteiger partial charge >= 0.3 is 0 Å². The fraction of sp³-hybridized carbons (Fsp3) is 0.263. The molecule has 0 fully saturated rings. The van der Waals surface area contributed by atoms with Gasteiger partial charge in [-0.1, -0.05) is 24.3 Å². The van der Waals surface area contributed by atoms with E-state index >= 15 is 0 Å². The Balaban J connectivity index is 1.84. The lowest BCUT2D eigenvalue weighted by atomic mass is 10.1. The predicted molar refractivity (Wildman–Crippen MR) is 97.3 cm³/mol. The number of hydrogen-bond donors (Lipinski definition) is 1. The number of halogens is 1. The van der Waals surface area contributed by atoms with E-state index in [1.807, 2.05) is 36.6 Å². The number of carbonyl (C=O) groups is 2. The summed E-state index contributed by atoms with van der Waals surface area (Å²) in [5.41, 5.74) is 1.87. The van der Waals surface area contributed by atoms with E-state index in [4.69, 9.17) is 4.74 Å². The molecule has 0 aliphatic rings. The van der Waals surface area contributed by atoms with E-state index in [0.29, 0.717) is 25.9 Å². The summed E-state index contributed by atoms with van der Waals surface area (Å²) < 4.78 is 18.8. The van der Waals surface area contributed by atoms with Gasteiger partial charge in [-0.15, -0.1) is 0 Å². The van der Waals surface area contributed by atoms with Crippen LogP contribution in [-0.4, -0.2) is 30.4 Å². The second-order valence-electron chi connectivity index (χ2n) is 5.43. The third-order valence-corrected chi connectivity index (χ3v) is 4.62. The molecule has 0 aliphatic carbocycles. The van der Waals surface area contributed by atoms with Gasteiger partial charge in [0.1, 0.15) is 11.6 Å². The van der Waals surface area contributed by atoms with E-state index in [-0.39, 0.29) is 17.0 Å². The molecule has 0 heterocycles. The van der Waals surface area contributed by atoms with Gasteiger partial charge in [-0.2, -0.15) is 11.8 Å². The van der Waals surface area contributed by atoms with Gasteiger partial charge in [0.2, 0.25) is 12.3 Å². The molecule has 1 atom stereocenters. The van der Waals surface area contributed by atoms with Gasteiger partial charge in [0.15, 0.2) is 0 Å². The highest BCUT2D eigenvalue weighted by atomic mass is 32.2. The number of carbonyl (C=O) groups excluding carboxylic acids is 2. The number of imide groups is 1. The Kier molecular flexibility index (Phi) is 7.47. The van der Waals surface area contributed by atoms with Crippen LogP contribution in [0.2, 0.25) is 0 Å². The smallest absolute Gasteiger partial charge is 0.239 e. The normalized spacial score (nSPS) is 11.6. The molecular weight excluding hydrogens is 341 g/mol. The first-order chi connectivity index (χ1) is 12.1. The molecule has 1 unspecified atom stereocenters. The van der Waals surface area contributed by atoms with Crippen molar-refractivity contribution in [1.82, 2.24) is 5.32 Å². The molecule has 0 saturated carbocycles. The Bertz CT molecular complexity index is 706. The van der Waals surface area contributed by atoms with Crippen molar-refractivity contribution in [1.29, 1.82) is 0 Å². The first-order valence-electron chi connectivity index (χ1n) is 7.85. The van der Waals surface area contributed by atoms with Crippen molar-refractivity contribution in [3.05, 3.63) is 65.5 Å². The summed E-state index contributed by atoms with van der Waals surface area (Å²) in [6, 6.07) is 13.9. The monoisotopic (exact) mass is 361 g/mol. The molecule has 0 aromatic heterocycles. The second-order valence-corrected chi connectivity index (χ2v) is 6.47. The minimum Gasteiger partial charge on any atom is -0.493 e. The van der Waals surface area contributed by atoms with Gasteiger partial charge in [0.05, 0.1) is 11.9 Å². The Morgan fingerprint density at radius 1 is 1.24 bits per heavy atom. The van der Waals surface area contributed by atoms with Gasteiger partial charge in [-0.05, 0) is 48.1 Å². The van der Waals surface area contributed by atoms with Crippen LogP contribution in [0.4, 0.5) is 4.39 Å². The number of thioether (sulfide) groups is 1. The topological polar surface area (TPSA) is 55.4 Å². The molecular formula is C19H20FNO3S. The van der Waals surface area contributed by atoms with Crippen molar-refractivity contribution >= 4 is 24.1 Å². The van der Waals surface area contributed by atoms with Crippen LogP contribution in [0.5, 0.6) is 5.75 Å². The fourth-order valence-electron chi connectivity index (χ4n) is 2.35. The van der Waals surface area contributed by atoms with Gasteiger partial charge < -0.3 is 4.74 Å². The highest BCUT2D eigenvalue weighted by Gasteiger charge is 2.17. The molecule has 0 bridgehead atoms. The number of rotatable bonds is 9. The molecule has 4 nitrogen and oxygen atoms in total. The summed E-state index contributed by atoms with van der Waals surface area (Å²) in [5, 5.41) is 1.87. The Hall–Kier alpha value is -2.34. The van der Waals surface area contributed by atoms with Crippen molar-refractivity contribution in [3.63, 3.8) is 0 Å². The molecule has 25 heavy (non-hydrogen) atoms. The standard InChI is InChI=1S/C19H20FNO3S/c1-25-18(19(23)21-13-22)12-15-5-7-17(8-6-15)24-10-9-14-3-2-4-16(20)11-14/h2-8,11,13,18H,9-10,12H2,1H3,(H,21,22,23). The molecule has 2 aromatic rings. The number of amides is 2. The summed E-state index contributed by atoms with van der Waals surface area (Å²) >= 11 is 1.40. The molecule has 2 aromatic carbocycles. The van der Waals surface area contributed by atoms with Crippen LogP contribution in [0.25, 0.3) is 0 Å². The first kappa shape index (κ1) is 19.0. The lowest BCUT2D eigenvalue weighted by molar-refractivity contribution is -0.124. The first-order valence-corrected chi connectivity index (χ1v) is 9.14. The number of hydrogen-bond acceptors (Lipinski definition) is 4. The van der Waals surface area contributed by atoms with Crippen LogP contribution in [0.1, 0.15) is 11.1 Å². The van der Waals surface area contributed by atoms with Crippen molar-refractivity contribution < 1.29 is 18.7 Å². The molecule has 0 aliphatic heterocycles. The quantitative estimate of drug-likeness (QED) is 0.698. The fourth-order valence-corrected chi connectivity index (χ4v) is 2.99. The molecule has 0 radical (unpaired) electrons. The molecule has 6 heteroatoms.